The number of nitrogens with one attached hydrogen (secondary N) is 2. The molecule has 0 saturated carbocycles. The Morgan fingerprint density at radius 2 is 2.00 bits per heavy atom. The summed E-state index contributed by atoms with van der Waals surface area (Å²) in [5.74, 6) is 0.0379. The normalized spacial score (nSPS) is 22.6. The van der Waals surface area contributed by atoms with E-state index in [0.29, 0.717) is 6.04 Å². The Balaban J connectivity index is 1.74. The maximum Gasteiger partial charge on any atom is 0.246 e. The van der Waals surface area contributed by atoms with Crippen molar-refractivity contribution in [2.45, 2.75) is 24.9 Å². The highest BCUT2D eigenvalue weighted by Crippen LogP contribution is 2.34. The monoisotopic (exact) mass is 288 g/mol. The van der Waals surface area contributed by atoms with E-state index in [9.17, 15) is 4.79 Å². The van der Waals surface area contributed by atoms with Crippen LogP contribution in [-0.4, -0.2) is 51.1 Å². The molecular formula is C16H24N4O. The number of nitrogens with zero attached hydrogens (tertiary/aromatic N) is 2. The number of piperidine rings is 1. The van der Waals surface area contributed by atoms with Gasteiger partial charge in [0.15, 0.2) is 0 Å². The summed E-state index contributed by atoms with van der Waals surface area (Å²) in [7, 11) is 6.13. The second-order valence-corrected chi connectivity index (χ2v) is 6.16. The fourth-order valence-corrected chi connectivity index (χ4v) is 3.37. The van der Waals surface area contributed by atoms with Gasteiger partial charge in [-0.1, -0.05) is 6.07 Å². The van der Waals surface area contributed by atoms with Gasteiger partial charge in [0, 0.05) is 36.1 Å². The van der Waals surface area contributed by atoms with Gasteiger partial charge in [0.25, 0.3) is 0 Å². The summed E-state index contributed by atoms with van der Waals surface area (Å²) in [5, 5.41) is 6.02. The molecule has 2 N–H and O–H groups in total. The molecule has 114 valence electrons. The van der Waals surface area contributed by atoms with Crippen molar-refractivity contribution in [1.29, 1.82) is 0 Å². The lowest BCUT2D eigenvalue weighted by Crippen LogP contribution is -2.41. The molecule has 1 amide bonds. The number of carbonyl (C=O) groups is 1. The van der Waals surface area contributed by atoms with Gasteiger partial charge in [0.05, 0.1) is 0 Å². The maximum atomic E-state index is 11.9. The van der Waals surface area contributed by atoms with Crippen LogP contribution in [0.2, 0.25) is 0 Å². The van der Waals surface area contributed by atoms with E-state index in [0.717, 1.165) is 24.3 Å². The Labute approximate surface area is 126 Å². The zero-order chi connectivity index (χ0) is 15.0. The fourth-order valence-electron chi connectivity index (χ4n) is 3.37. The van der Waals surface area contributed by atoms with E-state index >= 15 is 0 Å². The number of hydrogen-bond acceptors (Lipinski definition) is 4. The van der Waals surface area contributed by atoms with Gasteiger partial charge in [-0.05, 0) is 46.1 Å². The highest BCUT2D eigenvalue weighted by atomic mass is 16.2. The minimum atomic E-state index is -0.214. The van der Waals surface area contributed by atoms with Gasteiger partial charge in [-0.15, -0.1) is 0 Å². The lowest BCUT2D eigenvalue weighted by molar-refractivity contribution is -0.117. The average molecular weight is 288 g/mol. The number of anilines is 2. The first-order chi connectivity index (χ1) is 10.1. The molecule has 0 spiro atoms. The van der Waals surface area contributed by atoms with Crippen LogP contribution in [0.3, 0.4) is 0 Å². The Morgan fingerprint density at radius 1 is 1.29 bits per heavy atom. The van der Waals surface area contributed by atoms with Crippen molar-refractivity contribution in [2.24, 2.45) is 0 Å². The van der Waals surface area contributed by atoms with Gasteiger partial charge in [0.1, 0.15) is 6.04 Å². The van der Waals surface area contributed by atoms with Crippen molar-refractivity contribution >= 4 is 17.3 Å². The Morgan fingerprint density at radius 3 is 2.62 bits per heavy atom. The first-order valence-corrected chi connectivity index (χ1v) is 7.63. The van der Waals surface area contributed by atoms with E-state index in [1.54, 1.807) is 0 Å². The minimum absolute atomic E-state index is 0.0379. The number of rotatable bonds is 3. The van der Waals surface area contributed by atoms with Crippen molar-refractivity contribution in [3.8, 4) is 0 Å². The molecule has 1 fully saturated rings. The highest BCUT2D eigenvalue weighted by molar-refractivity contribution is 6.03. The van der Waals surface area contributed by atoms with Crippen LogP contribution < -0.4 is 15.5 Å². The molecule has 0 aromatic heterocycles. The molecule has 3 rings (SSSR count). The van der Waals surface area contributed by atoms with E-state index in [-0.39, 0.29) is 11.9 Å². The molecule has 21 heavy (non-hydrogen) atoms. The van der Waals surface area contributed by atoms with E-state index in [1.807, 2.05) is 7.05 Å². The van der Waals surface area contributed by atoms with Crippen LogP contribution in [0.1, 0.15) is 24.4 Å². The Hall–Kier alpha value is -1.59. The van der Waals surface area contributed by atoms with Crippen molar-refractivity contribution in [3.05, 3.63) is 23.8 Å². The third kappa shape index (κ3) is 2.63. The fraction of sp³-hybridized carbons (Fsp3) is 0.562. The predicted molar refractivity (Wildman–Crippen MR) is 85.8 cm³/mol. The molecule has 0 bridgehead atoms. The summed E-state index contributed by atoms with van der Waals surface area (Å²) in [6, 6.07) is 6.79. The predicted octanol–water partition coefficient (Wildman–Crippen LogP) is 1.43. The summed E-state index contributed by atoms with van der Waals surface area (Å²) >= 11 is 0. The van der Waals surface area contributed by atoms with Crippen LogP contribution in [-0.2, 0) is 4.79 Å². The van der Waals surface area contributed by atoms with Crippen LogP contribution >= 0.6 is 0 Å². The quantitative estimate of drug-likeness (QED) is 0.883. The molecule has 1 atom stereocenters. The summed E-state index contributed by atoms with van der Waals surface area (Å²) in [6.45, 7) is 2.15. The van der Waals surface area contributed by atoms with Gasteiger partial charge in [-0.25, -0.2) is 0 Å². The van der Waals surface area contributed by atoms with Crippen LogP contribution in [0, 0.1) is 0 Å². The molecule has 5 nitrogen and oxygen atoms in total. The number of fused-ring (bicyclic) bond motifs is 1. The molecular weight excluding hydrogens is 264 g/mol. The van der Waals surface area contributed by atoms with Crippen LogP contribution in [0.15, 0.2) is 18.2 Å². The van der Waals surface area contributed by atoms with Crippen molar-refractivity contribution in [2.75, 3.05) is 44.4 Å². The van der Waals surface area contributed by atoms with Gasteiger partial charge < -0.3 is 20.4 Å². The number of hydrogen-bond donors (Lipinski definition) is 2. The average Bonchev–Trinajstić information content (AvgIpc) is 2.81. The first-order valence-electron chi connectivity index (χ1n) is 7.63. The lowest BCUT2D eigenvalue weighted by atomic mass is 10.0. The minimum Gasteiger partial charge on any atom is -0.371 e. The molecule has 2 aliphatic rings. The maximum absolute atomic E-state index is 11.9. The first kappa shape index (κ1) is 14.4. The number of carbonyl (C=O) groups excluding carboxylic acids is 1. The Kier molecular flexibility index (Phi) is 3.87. The molecule has 0 radical (unpaired) electrons. The van der Waals surface area contributed by atoms with Gasteiger partial charge >= 0.3 is 0 Å². The smallest absolute Gasteiger partial charge is 0.246 e. The van der Waals surface area contributed by atoms with Crippen molar-refractivity contribution in [3.63, 3.8) is 0 Å². The largest absolute Gasteiger partial charge is 0.371 e. The van der Waals surface area contributed by atoms with Crippen LogP contribution in [0.5, 0.6) is 0 Å². The van der Waals surface area contributed by atoms with Crippen LogP contribution in [0.4, 0.5) is 11.4 Å². The van der Waals surface area contributed by atoms with E-state index in [4.69, 9.17) is 0 Å². The van der Waals surface area contributed by atoms with Crippen LogP contribution in [0.25, 0.3) is 0 Å². The van der Waals surface area contributed by atoms with E-state index in [1.165, 1.54) is 18.5 Å². The van der Waals surface area contributed by atoms with Crippen molar-refractivity contribution in [1.82, 2.24) is 10.2 Å². The molecule has 2 aliphatic heterocycles. The topological polar surface area (TPSA) is 47.6 Å². The van der Waals surface area contributed by atoms with Gasteiger partial charge in [-0.3, -0.25) is 4.79 Å². The SMILES string of the molecule is CNC1C(=O)Nc2cc(N3CCC(N(C)C)CC3)ccc21. The third-order valence-corrected chi connectivity index (χ3v) is 4.72. The summed E-state index contributed by atoms with van der Waals surface area (Å²) in [5.41, 5.74) is 3.21. The molecule has 0 aliphatic carbocycles. The second-order valence-electron chi connectivity index (χ2n) is 6.16. The summed E-state index contributed by atoms with van der Waals surface area (Å²) in [6.07, 6.45) is 2.38. The molecule has 1 aromatic rings. The van der Waals surface area contributed by atoms with Crippen molar-refractivity contribution < 1.29 is 4.79 Å². The third-order valence-electron chi connectivity index (χ3n) is 4.72. The highest BCUT2D eigenvalue weighted by Gasteiger charge is 2.30. The zero-order valence-electron chi connectivity index (χ0n) is 13.0. The molecule has 2 heterocycles. The van der Waals surface area contributed by atoms with E-state index in [2.05, 4.69) is 52.7 Å². The zero-order valence-corrected chi connectivity index (χ0v) is 13.0. The molecule has 1 saturated heterocycles. The molecule has 5 heteroatoms. The van der Waals surface area contributed by atoms with Gasteiger partial charge in [0.2, 0.25) is 5.91 Å². The second kappa shape index (κ2) is 5.66. The summed E-state index contributed by atoms with van der Waals surface area (Å²) in [4.78, 5) is 16.6. The van der Waals surface area contributed by atoms with Gasteiger partial charge in [-0.2, -0.15) is 0 Å². The number of benzene rings is 1. The standard InChI is InChI=1S/C16H24N4O/c1-17-15-13-5-4-12(10-14(13)18-16(15)21)20-8-6-11(7-9-20)19(2)3/h4-5,10-11,15,17H,6-9H2,1-3H3,(H,18,21). The number of amides is 1. The molecule has 1 unspecified atom stereocenters. The lowest BCUT2D eigenvalue weighted by Gasteiger charge is -2.36. The Bertz CT molecular complexity index is 535. The molecule has 1 aromatic carbocycles. The summed E-state index contributed by atoms with van der Waals surface area (Å²) < 4.78 is 0. The number of likely N-dealkylation sites (N-methyl/N-ethyl adjacent to an activating group) is 1. The van der Waals surface area contributed by atoms with E-state index < -0.39 is 0 Å².